The van der Waals surface area contributed by atoms with E-state index in [-0.39, 0.29) is 22.5 Å². The molecule has 4 N–H and O–H groups in total. The van der Waals surface area contributed by atoms with Gasteiger partial charge in [-0.2, -0.15) is 5.10 Å². The first-order valence-electron chi connectivity index (χ1n) is 6.49. The number of benzene rings is 1. The molecule has 1 amide bonds. The van der Waals surface area contributed by atoms with Gasteiger partial charge in [-0.05, 0) is 36.0 Å². The smallest absolute Gasteiger partial charge is 0.251 e. The number of nitrogens with one attached hydrogen (secondary N) is 3. The highest BCUT2D eigenvalue weighted by molar-refractivity contribution is 7.71. The molecule has 0 aliphatic carbocycles. The van der Waals surface area contributed by atoms with Crippen molar-refractivity contribution < 1.29 is 14.6 Å². The summed E-state index contributed by atoms with van der Waals surface area (Å²) in [6.45, 7) is 0. The van der Waals surface area contributed by atoms with Crippen LogP contribution in [0.15, 0.2) is 34.2 Å². The number of aromatic hydroxyl groups is 1. The number of aromatic nitrogens is 2. The van der Waals surface area contributed by atoms with E-state index >= 15 is 0 Å². The minimum absolute atomic E-state index is 0.0288. The highest BCUT2D eigenvalue weighted by Gasteiger charge is 2.04. The summed E-state index contributed by atoms with van der Waals surface area (Å²) in [6.07, 6.45) is 1.30. The lowest BCUT2D eigenvalue weighted by atomic mass is 10.2. The average Bonchev–Trinajstić information content (AvgIpc) is 2.46. The number of methoxy groups -OCH3 is 1. The van der Waals surface area contributed by atoms with Crippen molar-refractivity contribution in [3.05, 3.63) is 50.6 Å². The van der Waals surface area contributed by atoms with Crippen LogP contribution in [0.5, 0.6) is 11.5 Å². The Balaban J connectivity index is 1.97. The third kappa shape index (κ3) is 4.78. The van der Waals surface area contributed by atoms with Gasteiger partial charge in [0.2, 0.25) is 5.91 Å². The first kappa shape index (κ1) is 16.4. The molecule has 0 saturated carbocycles. The van der Waals surface area contributed by atoms with Gasteiger partial charge in [-0.15, -0.1) is 0 Å². The Labute approximate surface area is 135 Å². The second-order valence-corrected chi connectivity index (χ2v) is 4.92. The predicted molar refractivity (Wildman–Crippen MR) is 86.3 cm³/mol. The van der Waals surface area contributed by atoms with Gasteiger partial charge in [0.15, 0.2) is 16.3 Å². The van der Waals surface area contributed by atoms with Crippen LogP contribution in [0.25, 0.3) is 0 Å². The molecule has 1 aromatic carbocycles. The van der Waals surface area contributed by atoms with Crippen molar-refractivity contribution >= 4 is 24.3 Å². The minimum atomic E-state index is -0.421. The van der Waals surface area contributed by atoms with E-state index in [1.807, 2.05) is 0 Å². The number of ether oxygens (including phenoxy) is 1. The van der Waals surface area contributed by atoms with Crippen LogP contribution in [0.1, 0.15) is 11.3 Å². The van der Waals surface area contributed by atoms with Crippen LogP contribution in [0, 0.1) is 4.77 Å². The monoisotopic (exact) mass is 334 g/mol. The van der Waals surface area contributed by atoms with E-state index in [0.29, 0.717) is 17.0 Å². The predicted octanol–water partition coefficient (Wildman–Crippen LogP) is 0.839. The fourth-order valence-corrected chi connectivity index (χ4v) is 2.02. The molecule has 2 rings (SSSR count). The number of carbonyl (C=O) groups excluding carboxylic acids is 1. The van der Waals surface area contributed by atoms with Gasteiger partial charge in [0.25, 0.3) is 5.56 Å². The summed E-state index contributed by atoms with van der Waals surface area (Å²) in [5, 5.41) is 13.4. The summed E-state index contributed by atoms with van der Waals surface area (Å²) >= 11 is 4.82. The summed E-state index contributed by atoms with van der Waals surface area (Å²) < 4.78 is 5.07. The number of rotatable bonds is 5. The Morgan fingerprint density at radius 2 is 2.22 bits per heavy atom. The maximum Gasteiger partial charge on any atom is 0.251 e. The Hall–Kier alpha value is -2.94. The molecule has 0 aliphatic heterocycles. The number of aromatic amines is 2. The number of amides is 1. The van der Waals surface area contributed by atoms with Gasteiger partial charge in [0.1, 0.15) is 0 Å². The Morgan fingerprint density at radius 3 is 2.87 bits per heavy atom. The van der Waals surface area contributed by atoms with Gasteiger partial charge in [-0.25, -0.2) is 5.43 Å². The van der Waals surface area contributed by atoms with E-state index in [0.717, 1.165) is 0 Å². The fourth-order valence-electron chi connectivity index (χ4n) is 1.79. The number of H-pyrrole nitrogens is 2. The van der Waals surface area contributed by atoms with Gasteiger partial charge >= 0.3 is 0 Å². The Morgan fingerprint density at radius 1 is 1.43 bits per heavy atom. The summed E-state index contributed by atoms with van der Waals surface area (Å²) in [7, 11) is 1.45. The maximum absolute atomic E-state index is 11.7. The number of carbonyl (C=O) groups is 1. The number of phenols is 1. The molecular weight excluding hydrogens is 320 g/mol. The number of phenolic OH excluding ortho intramolecular Hbond substituents is 1. The van der Waals surface area contributed by atoms with Crippen molar-refractivity contribution in [1.82, 2.24) is 15.4 Å². The first-order chi connectivity index (χ1) is 11.0. The summed E-state index contributed by atoms with van der Waals surface area (Å²) in [5.74, 6) is -0.107. The van der Waals surface area contributed by atoms with Crippen LogP contribution >= 0.6 is 12.2 Å². The van der Waals surface area contributed by atoms with Crippen LogP contribution in [0.3, 0.4) is 0 Å². The Bertz CT molecular complexity index is 828. The highest BCUT2D eigenvalue weighted by Crippen LogP contribution is 2.25. The molecule has 0 unspecified atom stereocenters. The molecule has 1 heterocycles. The number of nitrogens with zero attached hydrogens (tertiary/aromatic N) is 1. The standard InChI is InChI=1S/C14H14N4O4S/c1-22-11-3-2-8(4-10(11)19)7-15-18-13(21)6-9-5-12(20)17-14(23)16-9/h2-5,7,19H,6H2,1H3,(H,18,21)(H2,16,17,20,23)/b15-7-. The molecule has 2 aromatic rings. The second kappa shape index (κ2) is 7.36. The number of hydrazone groups is 1. The van der Waals surface area contributed by atoms with E-state index in [1.54, 1.807) is 12.1 Å². The largest absolute Gasteiger partial charge is 0.504 e. The lowest BCUT2D eigenvalue weighted by molar-refractivity contribution is -0.120. The zero-order valence-electron chi connectivity index (χ0n) is 12.1. The van der Waals surface area contributed by atoms with Gasteiger partial charge in [0, 0.05) is 11.8 Å². The molecule has 1 aromatic heterocycles. The second-order valence-electron chi connectivity index (χ2n) is 4.51. The molecule has 0 saturated heterocycles. The van der Waals surface area contributed by atoms with Crippen LogP contribution < -0.4 is 15.7 Å². The van der Waals surface area contributed by atoms with Crippen LogP contribution in [0.4, 0.5) is 0 Å². The zero-order chi connectivity index (χ0) is 16.8. The van der Waals surface area contributed by atoms with E-state index in [1.165, 1.54) is 25.5 Å². The van der Waals surface area contributed by atoms with Crippen molar-refractivity contribution in [2.24, 2.45) is 5.10 Å². The molecule has 23 heavy (non-hydrogen) atoms. The summed E-state index contributed by atoms with van der Waals surface area (Å²) in [5.41, 5.74) is 2.90. The van der Waals surface area contributed by atoms with Crippen LogP contribution in [-0.4, -0.2) is 34.3 Å². The van der Waals surface area contributed by atoms with E-state index in [4.69, 9.17) is 17.0 Å². The molecule has 0 atom stereocenters. The van der Waals surface area contributed by atoms with Crippen molar-refractivity contribution in [2.45, 2.75) is 6.42 Å². The molecular formula is C14H14N4O4S. The highest BCUT2D eigenvalue weighted by atomic mass is 32.1. The SMILES string of the molecule is COc1ccc(/C=N\NC(=O)Cc2cc(=O)[nH]c(=S)[nH]2)cc1O. The molecule has 0 spiro atoms. The maximum atomic E-state index is 11.7. The van der Waals surface area contributed by atoms with Gasteiger partial charge in [-0.1, -0.05) is 0 Å². The molecule has 0 radical (unpaired) electrons. The molecule has 120 valence electrons. The normalized spacial score (nSPS) is 10.7. The average molecular weight is 334 g/mol. The van der Waals surface area contributed by atoms with E-state index < -0.39 is 5.91 Å². The lowest BCUT2D eigenvalue weighted by Crippen LogP contribution is -2.21. The minimum Gasteiger partial charge on any atom is -0.504 e. The topological polar surface area (TPSA) is 120 Å². The van der Waals surface area contributed by atoms with E-state index in [9.17, 15) is 14.7 Å². The molecule has 0 aliphatic rings. The van der Waals surface area contributed by atoms with Crippen molar-refractivity contribution in [1.29, 1.82) is 0 Å². The third-order valence-corrected chi connectivity index (χ3v) is 2.98. The lowest BCUT2D eigenvalue weighted by Gasteiger charge is -2.03. The molecule has 8 nitrogen and oxygen atoms in total. The molecule has 0 bridgehead atoms. The summed E-state index contributed by atoms with van der Waals surface area (Å²) in [6, 6.07) is 5.94. The quantitative estimate of drug-likeness (QED) is 0.367. The van der Waals surface area contributed by atoms with Gasteiger partial charge < -0.3 is 14.8 Å². The first-order valence-corrected chi connectivity index (χ1v) is 6.90. The van der Waals surface area contributed by atoms with Crippen molar-refractivity contribution in [2.75, 3.05) is 7.11 Å². The van der Waals surface area contributed by atoms with E-state index in [2.05, 4.69) is 20.5 Å². The van der Waals surface area contributed by atoms with Crippen molar-refractivity contribution in [3.8, 4) is 11.5 Å². The van der Waals surface area contributed by atoms with Crippen molar-refractivity contribution in [3.63, 3.8) is 0 Å². The Kier molecular flexibility index (Phi) is 5.26. The zero-order valence-corrected chi connectivity index (χ0v) is 12.9. The number of hydrogen-bond acceptors (Lipinski definition) is 6. The number of hydrogen-bond donors (Lipinski definition) is 4. The molecule has 0 fully saturated rings. The van der Waals surface area contributed by atoms with Crippen LogP contribution in [0.2, 0.25) is 0 Å². The fraction of sp³-hybridized carbons (Fsp3) is 0.143. The van der Waals surface area contributed by atoms with Gasteiger partial charge in [0.05, 0.1) is 19.7 Å². The van der Waals surface area contributed by atoms with Crippen LogP contribution in [-0.2, 0) is 11.2 Å². The third-order valence-electron chi connectivity index (χ3n) is 2.77. The molecule has 9 heteroatoms. The van der Waals surface area contributed by atoms with Gasteiger partial charge in [-0.3, -0.25) is 14.6 Å². The summed E-state index contributed by atoms with van der Waals surface area (Å²) in [4.78, 5) is 28.0.